The molecule has 2 rings (SSSR count). The topological polar surface area (TPSA) is 317 Å². The number of primary amides is 1. The number of rotatable bonds is 22. The van der Waals surface area contributed by atoms with E-state index in [-0.39, 0.29) is 56.3 Å². The lowest BCUT2D eigenvalue weighted by atomic mass is 9.99. The van der Waals surface area contributed by atoms with Crippen molar-refractivity contribution in [2.24, 2.45) is 17.6 Å². The number of anilines is 1. The molecule has 1 aliphatic heterocycles. The van der Waals surface area contributed by atoms with Crippen LogP contribution in [0.15, 0.2) is 18.2 Å². The van der Waals surface area contributed by atoms with Gasteiger partial charge in [-0.3, -0.25) is 24.0 Å². The molecular weight excluding hydrogens is 740 g/mol. The maximum absolute atomic E-state index is 13.9. The number of hydrogen-bond acceptors (Lipinski definition) is 14. The normalized spacial score (nSPS) is 21.1. The minimum absolute atomic E-state index is 0.0323. The van der Waals surface area contributed by atoms with Crippen LogP contribution >= 0.6 is 0 Å². The first-order valence-corrected chi connectivity index (χ1v) is 18.4. The van der Waals surface area contributed by atoms with E-state index in [9.17, 15) is 54.3 Å². The minimum Gasteiger partial charge on any atom is -0.481 e. The number of esters is 1. The van der Waals surface area contributed by atoms with Crippen LogP contribution in [-0.2, 0) is 40.1 Å². The van der Waals surface area contributed by atoms with Crippen LogP contribution in [0, 0.1) is 11.8 Å². The first kappa shape index (κ1) is 47.6. The van der Waals surface area contributed by atoms with Gasteiger partial charge in [-0.05, 0) is 42.9 Å². The van der Waals surface area contributed by atoms with E-state index in [1.54, 1.807) is 41.5 Å². The van der Waals surface area contributed by atoms with Crippen molar-refractivity contribution in [3.05, 3.63) is 23.8 Å². The Morgan fingerprint density at radius 1 is 0.875 bits per heavy atom. The highest BCUT2D eigenvalue weighted by atomic mass is 16.7. The van der Waals surface area contributed by atoms with Gasteiger partial charge in [-0.2, -0.15) is 0 Å². The minimum atomic E-state index is -1.81. The molecule has 0 spiro atoms. The van der Waals surface area contributed by atoms with Crippen LogP contribution in [0.1, 0.15) is 72.8 Å². The van der Waals surface area contributed by atoms with Crippen LogP contribution in [-0.4, -0.2) is 129 Å². The van der Waals surface area contributed by atoms with Crippen LogP contribution in [0.2, 0.25) is 0 Å². The molecule has 1 heterocycles. The van der Waals surface area contributed by atoms with Crippen LogP contribution < -0.4 is 37.1 Å². The molecule has 0 unspecified atom stereocenters. The molecule has 20 heteroatoms. The number of carbonyl (C=O) groups is 6. The molecular formula is C36H58N6O14. The van der Waals surface area contributed by atoms with Crippen molar-refractivity contribution in [2.45, 2.75) is 129 Å². The van der Waals surface area contributed by atoms with Gasteiger partial charge in [0.05, 0.1) is 24.3 Å². The third kappa shape index (κ3) is 15.1. The van der Waals surface area contributed by atoms with E-state index < -0.39 is 103 Å². The Morgan fingerprint density at radius 3 is 2.12 bits per heavy atom. The first-order chi connectivity index (χ1) is 26.2. The summed E-state index contributed by atoms with van der Waals surface area (Å²) in [5.41, 5.74) is 5.52. The Balaban J connectivity index is 2.43. The first-order valence-electron chi connectivity index (χ1n) is 18.4. The zero-order chi connectivity index (χ0) is 42.3. The van der Waals surface area contributed by atoms with Gasteiger partial charge in [-0.1, -0.05) is 47.6 Å². The van der Waals surface area contributed by atoms with Crippen molar-refractivity contribution in [2.75, 3.05) is 18.5 Å². The second kappa shape index (κ2) is 22.8. The van der Waals surface area contributed by atoms with Crippen molar-refractivity contribution in [1.29, 1.82) is 0 Å². The van der Waals surface area contributed by atoms with E-state index in [0.29, 0.717) is 5.56 Å². The lowest BCUT2D eigenvalue weighted by molar-refractivity contribution is -0.277. The highest BCUT2D eigenvalue weighted by Gasteiger charge is 2.45. The second-order valence-corrected chi connectivity index (χ2v) is 14.4. The summed E-state index contributed by atoms with van der Waals surface area (Å²) >= 11 is 0. The quantitative estimate of drug-likeness (QED) is 0.0485. The zero-order valence-corrected chi connectivity index (χ0v) is 32.5. The molecule has 1 aromatic rings. The van der Waals surface area contributed by atoms with Gasteiger partial charge >= 0.3 is 18.0 Å². The molecule has 1 fully saturated rings. The van der Waals surface area contributed by atoms with E-state index in [4.69, 9.17) is 19.9 Å². The summed E-state index contributed by atoms with van der Waals surface area (Å²) in [5, 5.41) is 63.4. The molecule has 0 aromatic heterocycles. The predicted molar refractivity (Wildman–Crippen MR) is 199 cm³/mol. The number of carbonyl (C=O) groups excluding carboxylic acids is 5. The Morgan fingerprint density at radius 2 is 1.55 bits per heavy atom. The third-order valence-corrected chi connectivity index (χ3v) is 8.59. The molecule has 0 bridgehead atoms. The average molecular weight is 799 g/mol. The summed E-state index contributed by atoms with van der Waals surface area (Å²) in [6.45, 7) is 9.28. The number of amides is 5. The maximum atomic E-state index is 13.9. The molecule has 316 valence electrons. The summed E-state index contributed by atoms with van der Waals surface area (Å²) in [4.78, 5) is 75.7. The van der Waals surface area contributed by atoms with Crippen LogP contribution in [0.5, 0.6) is 5.75 Å². The highest BCUT2D eigenvalue weighted by Crippen LogP contribution is 2.31. The number of carboxylic acids is 1. The van der Waals surface area contributed by atoms with Gasteiger partial charge in [0.2, 0.25) is 24.0 Å². The fraction of sp³-hybridized carbons (Fsp3) is 0.667. The number of carboxylic acid groups (broad SMARTS) is 1. The molecule has 8 atom stereocenters. The number of nitrogens with two attached hydrogens (primary N) is 1. The molecule has 0 radical (unpaired) electrons. The number of urea groups is 1. The summed E-state index contributed by atoms with van der Waals surface area (Å²) in [6.07, 6.45) is -8.48. The van der Waals surface area contributed by atoms with Gasteiger partial charge < -0.3 is 72.1 Å². The fourth-order valence-electron chi connectivity index (χ4n) is 5.49. The Kier molecular flexibility index (Phi) is 19.4. The SMILES string of the molecule is CC(C)N[C@@H](CCC(=O)O)C(=O)N[C@H](C(=O)N[C@@H](CCCNC(N)=O)C(=O)Nc1ccc(COC(=O)C(C)C)cc1O[C@@H]1O[C@H](CO)[C@@H](O)[C@H](O)[C@H]1O)C(C)C. The molecule has 56 heavy (non-hydrogen) atoms. The molecule has 12 N–H and O–H groups in total. The maximum Gasteiger partial charge on any atom is 0.312 e. The van der Waals surface area contributed by atoms with Gasteiger partial charge in [-0.25, -0.2) is 4.79 Å². The van der Waals surface area contributed by atoms with Gasteiger partial charge in [0.1, 0.15) is 48.9 Å². The van der Waals surface area contributed by atoms with Gasteiger partial charge in [-0.15, -0.1) is 0 Å². The summed E-state index contributed by atoms with van der Waals surface area (Å²) in [5.74, 6) is -4.81. The van der Waals surface area contributed by atoms with Crippen LogP contribution in [0.25, 0.3) is 0 Å². The van der Waals surface area contributed by atoms with Crippen molar-refractivity contribution >= 4 is 41.4 Å². The average Bonchev–Trinajstić information content (AvgIpc) is 3.12. The summed E-state index contributed by atoms with van der Waals surface area (Å²) in [6, 6.07) is -0.127. The predicted octanol–water partition coefficient (Wildman–Crippen LogP) is -1.19. The smallest absolute Gasteiger partial charge is 0.312 e. The molecule has 1 aliphatic rings. The Labute approximate surface area is 325 Å². The van der Waals surface area contributed by atoms with Crippen LogP contribution in [0.4, 0.5) is 10.5 Å². The van der Waals surface area contributed by atoms with E-state index in [0.717, 1.165) is 0 Å². The van der Waals surface area contributed by atoms with Gasteiger partial charge in [0.25, 0.3) is 0 Å². The number of aliphatic hydroxyl groups is 4. The van der Waals surface area contributed by atoms with Crippen molar-refractivity contribution in [1.82, 2.24) is 21.3 Å². The van der Waals surface area contributed by atoms with Crippen molar-refractivity contribution < 1.29 is 68.5 Å². The van der Waals surface area contributed by atoms with Crippen molar-refractivity contribution in [3.8, 4) is 5.75 Å². The number of benzene rings is 1. The number of ether oxygens (including phenoxy) is 3. The van der Waals surface area contributed by atoms with Crippen molar-refractivity contribution in [3.63, 3.8) is 0 Å². The molecule has 1 aromatic carbocycles. The second-order valence-electron chi connectivity index (χ2n) is 14.4. The monoisotopic (exact) mass is 798 g/mol. The number of hydrogen-bond donors (Lipinski definition) is 11. The van der Waals surface area contributed by atoms with E-state index in [2.05, 4.69) is 26.6 Å². The Bertz CT molecular complexity index is 1490. The van der Waals surface area contributed by atoms with Gasteiger partial charge in [0, 0.05) is 19.0 Å². The Hall–Kier alpha value is -4.60. The number of nitrogens with one attached hydrogen (secondary N) is 5. The largest absolute Gasteiger partial charge is 0.481 e. The molecule has 5 amide bonds. The molecule has 0 saturated carbocycles. The van der Waals surface area contributed by atoms with E-state index >= 15 is 0 Å². The van der Waals surface area contributed by atoms with E-state index in [1.807, 2.05) is 0 Å². The molecule has 20 nitrogen and oxygen atoms in total. The summed E-state index contributed by atoms with van der Waals surface area (Å²) in [7, 11) is 0. The molecule has 0 aliphatic carbocycles. The third-order valence-electron chi connectivity index (χ3n) is 8.59. The number of aliphatic hydroxyl groups excluding tert-OH is 4. The number of aliphatic carboxylic acids is 1. The summed E-state index contributed by atoms with van der Waals surface area (Å²) < 4.78 is 16.7. The lowest BCUT2D eigenvalue weighted by Gasteiger charge is -2.39. The standard InChI is InChI=1S/C36H58N6O14/c1-17(2)27(42-32(50)23(39-19(5)6)11-12-26(44)45)33(51)41-22(8-7-13-38-36(37)53)31(49)40-21-10-9-20(16-54-34(52)18(3)4)14-24(21)55-35-30(48)29(47)28(46)25(15-43)56-35/h9-10,14,17-19,22-23,25,27-30,35,39,43,46-48H,7-8,11-13,15-16H2,1-6H3,(H,40,49)(H,41,51)(H,42,50)(H,44,45)(H3,37,38,53)/t22-,23-,25+,27-,28+,29-,30+,35+/m0/s1. The lowest BCUT2D eigenvalue weighted by Crippen LogP contribution is -2.60. The highest BCUT2D eigenvalue weighted by molar-refractivity contribution is 5.99. The van der Waals surface area contributed by atoms with Crippen LogP contribution in [0.3, 0.4) is 0 Å². The van der Waals surface area contributed by atoms with E-state index in [1.165, 1.54) is 18.2 Å². The fourth-order valence-corrected chi connectivity index (χ4v) is 5.49. The molecule has 1 saturated heterocycles. The zero-order valence-electron chi connectivity index (χ0n) is 32.5. The van der Waals surface area contributed by atoms with Gasteiger partial charge in [0.15, 0.2) is 0 Å².